The van der Waals surface area contributed by atoms with Crippen LogP contribution in [0.25, 0.3) is 0 Å². The van der Waals surface area contributed by atoms with Gasteiger partial charge in [-0.15, -0.1) is 0 Å². The van der Waals surface area contributed by atoms with Gasteiger partial charge in [-0.1, -0.05) is 6.92 Å². The number of amides is 1. The van der Waals surface area contributed by atoms with E-state index >= 15 is 0 Å². The maximum atomic E-state index is 12.1. The molecule has 0 unspecified atom stereocenters. The van der Waals surface area contributed by atoms with Crippen molar-refractivity contribution in [2.24, 2.45) is 0 Å². The molecule has 1 heterocycles. The maximum Gasteiger partial charge on any atom is 0.323 e. The molecule has 0 bridgehead atoms. The van der Waals surface area contributed by atoms with Crippen molar-refractivity contribution >= 4 is 23.3 Å². The van der Waals surface area contributed by atoms with Gasteiger partial charge >= 0.3 is 5.97 Å². The number of Topliss-reactive ketones (excluding diaryl/α,β-unsaturated/α-hetero) is 1. The third kappa shape index (κ3) is 3.04. The molecule has 1 atom stereocenters. The summed E-state index contributed by atoms with van der Waals surface area (Å²) in [4.78, 5) is 36.1. The monoisotopic (exact) mass is 291 g/mol. The predicted molar refractivity (Wildman–Crippen MR) is 75.8 cm³/mol. The molecule has 0 radical (unpaired) electrons. The van der Waals surface area contributed by atoms with Gasteiger partial charge in [-0.25, -0.2) is 0 Å². The standard InChI is InChI=1S/C15H17NO5/c1-3-4-12(17)10-5-6-13-11(7-10)16(8-14(18)19)15(20)9(2)21-13/h5-7,9H,3-4,8H2,1-2H3,(H,18,19)/t9-/m1/s1. The number of carboxylic acid groups (broad SMARTS) is 1. The number of fused-ring (bicyclic) bond motifs is 1. The molecule has 0 saturated carbocycles. The highest BCUT2D eigenvalue weighted by atomic mass is 16.5. The number of ether oxygens (including phenoxy) is 1. The topological polar surface area (TPSA) is 83.9 Å². The molecule has 1 amide bonds. The van der Waals surface area contributed by atoms with Crippen LogP contribution in [0.15, 0.2) is 18.2 Å². The van der Waals surface area contributed by atoms with Crippen LogP contribution in [0.2, 0.25) is 0 Å². The van der Waals surface area contributed by atoms with Crippen LogP contribution in [0.4, 0.5) is 5.69 Å². The Balaban J connectivity index is 2.42. The van der Waals surface area contributed by atoms with E-state index in [1.165, 1.54) is 6.07 Å². The summed E-state index contributed by atoms with van der Waals surface area (Å²) < 4.78 is 5.46. The zero-order chi connectivity index (χ0) is 15.6. The number of carboxylic acids is 1. The van der Waals surface area contributed by atoms with Gasteiger partial charge in [-0.2, -0.15) is 0 Å². The number of carbonyl (C=O) groups is 3. The predicted octanol–water partition coefficient (Wildman–Crippen LogP) is 1.87. The minimum absolute atomic E-state index is 0.0401. The summed E-state index contributed by atoms with van der Waals surface area (Å²) in [7, 11) is 0. The van der Waals surface area contributed by atoms with Crippen molar-refractivity contribution in [2.45, 2.75) is 32.8 Å². The highest BCUT2D eigenvalue weighted by Crippen LogP contribution is 2.35. The van der Waals surface area contributed by atoms with E-state index in [9.17, 15) is 14.4 Å². The summed E-state index contributed by atoms with van der Waals surface area (Å²) in [5.74, 6) is -1.17. The maximum absolute atomic E-state index is 12.1. The Kier molecular flexibility index (Phi) is 4.26. The van der Waals surface area contributed by atoms with Crippen molar-refractivity contribution in [2.75, 3.05) is 11.4 Å². The van der Waals surface area contributed by atoms with Gasteiger partial charge in [0.1, 0.15) is 12.3 Å². The van der Waals surface area contributed by atoms with E-state index in [2.05, 4.69) is 0 Å². The Morgan fingerprint density at radius 3 is 2.71 bits per heavy atom. The van der Waals surface area contributed by atoms with E-state index in [-0.39, 0.29) is 5.78 Å². The molecule has 0 aromatic heterocycles. The minimum atomic E-state index is -1.12. The lowest BCUT2D eigenvalue weighted by atomic mass is 10.0. The van der Waals surface area contributed by atoms with Crippen LogP contribution < -0.4 is 9.64 Å². The van der Waals surface area contributed by atoms with Crippen molar-refractivity contribution in [3.05, 3.63) is 23.8 Å². The Bertz CT molecular complexity index is 596. The number of rotatable bonds is 5. The van der Waals surface area contributed by atoms with E-state index in [0.717, 1.165) is 11.3 Å². The molecule has 1 aromatic rings. The average Bonchev–Trinajstić information content (AvgIpc) is 2.43. The SMILES string of the molecule is CCCC(=O)c1ccc2c(c1)N(CC(=O)O)C(=O)[C@@H](C)O2. The third-order valence-corrected chi connectivity index (χ3v) is 3.26. The number of anilines is 1. The van der Waals surface area contributed by atoms with Gasteiger partial charge in [0, 0.05) is 12.0 Å². The molecule has 2 rings (SSSR count). The number of hydrogen-bond donors (Lipinski definition) is 1. The molecular formula is C15H17NO5. The number of ketones is 1. The molecule has 6 nitrogen and oxygen atoms in total. The lowest BCUT2D eigenvalue weighted by Gasteiger charge is -2.32. The number of carbonyl (C=O) groups excluding carboxylic acids is 2. The molecule has 0 spiro atoms. The van der Waals surface area contributed by atoms with Crippen LogP contribution in [0.1, 0.15) is 37.0 Å². The summed E-state index contributed by atoms with van der Waals surface area (Å²) in [5, 5.41) is 8.96. The van der Waals surface area contributed by atoms with Gasteiger partial charge < -0.3 is 9.84 Å². The van der Waals surface area contributed by atoms with Crippen molar-refractivity contribution in [3.63, 3.8) is 0 Å². The fourth-order valence-corrected chi connectivity index (χ4v) is 2.25. The zero-order valence-electron chi connectivity index (χ0n) is 12.0. The smallest absolute Gasteiger partial charge is 0.323 e. The lowest BCUT2D eigenvalue weighted by Crippen LogP contribution is -2.46. The lowest BCUT2D eigenvalue weighted by molar-refractivity contribution is -0.137. The highest BCUT2D eigenvalue weighted by molar-refractivity contribution is 6.05. The summed E-state index contributed by atoms with van der Waals surface area (Å²) in [5.41, 5.74) is 0.791. The first kappa shape index (κ1) is 15.0. The molecule has 0 saturated heterocycles. The van der Waals surface area contributed by atoms with Gasteiger partial charge in [-0.05, 0) is 31.5 Å². The average molecular weight is 291 g/mol. The quantitative estimate of drug-likeness (QED) is 0.837. The molecule has 0 fully saturated rings. The molecule has 1 aliphatic heterocycles. The van der Waals surface area contributed by atoms with Crippen LogP contribution >= 0.6 is 0 Å². The van der Waals surface area contributed by atoms with E-state index in [1.807, 2.05) is 6.92 Å². The molecule has 6 heteroatoms. The van der Waals surface area contributed by atoms with Gasteiger partial charge in [0.15, 0.2) is 11.9 Å². The van der Waals surface area contributed by atoms with Crippen LogP contribution in [0.3, 0.4) is 0 Å². The Hall–Kier alpha value is -2.37. The fraction of sp³-hybridized carbons (Fsp3) is 0.400. The largest absolute Gasteiger partial charge is 0.480 e. The van der Waals surface area contributed by atoms with Crippen molar-refractivity contribution in [1.82, 2.24) is 0 Å². The van der Waals surface area contributed by atoms with Crippen molar-refractivity contribution < 1.29 is 24.2 Å². The van der Waals surface area contributed by atoms with Crippen LogP contribution in [-0.4, -0.2) is 35.4 Å². The number of aliphatic carboxylic acids is 1. The van der Waals surface area contributed by atoms with Crippen molar-refractivity contribution in [3.8, 4) is 5.75 Å². The first-order valence-electron chi connectivity index (χ1n) is 6.81. The Labute approximate surface area is 122 Å². The minimum Gasteiger partial charge on any atom is -0.480 e. The molecule has 21 heavy (non-hydrogen) atoms. The number of hydrogen-bond acceptors (Lipinski definition) is 4. The van der Waals surface area contributed by atoms with E-state index in [1.54, 1.807) is 19.1 Å². The normalized spacial score (nSPS) is 17.1. The van der Waals surface area contributed by atoms with Crippen molar-refractivity contribution in [1.29, 1.82) is 0 Å². The van der Waals surface area contributed by atoms with E-state index < -0.39 is 24.5 Å². The van der Waals surface area contributed by atoms with Gasteiger partial charge in [0.2, 0.25) is 0 Å². The second kappa shape index (κ2) is 5.95. The summed E-state index contributed by atoms with van der Waals surface area (Å²) in [6, 6.07) is 4.77. The van der Waals surface area contributed by atoms with E-state index in [0.29, 0.717) is 23.4 Å². The summed E-state index contributed by atoms with van der Waals surface area (Å²) in [6.07, 6.45) is 0.387. The van der Waals surface area contributed by atoms with Gasteiger partial charge in [0.05, 0.1) is 5.69 Å². The summed E-state index contributed by atoms with van der Waals surface area (Å²) in [6.45, 7) is 3.02. The Morgan fingerprint density at radius 2 is 2.10 bits per heavy atom. The van der Waals surface area contributed by atoms with Crippen LogP contribution in [0.5, 0.6) is 5.75 Å². The summed E-state index contributed by atoms with van der Waals surface area (Å²) >= 11 is 0. The van der Waals surface area contributed by atoms with Gasteiger partial charge in [0.25, 0.3) is 5.91 Å². The first-order valence-corrected chi connectivity index (χ1v) is 6.81. The molecule has 1 aromatic carbocycles. The molecule has 0 aliphatic carbocycles. The zero-order valence-corrected chi connectivity index (χ0v) is 12.0. The molecular weight excluding hydrogens is 274 g/mol. The second-order valence-corrected chi connectivity index (χ2v) is 4.93. The van der Waals surface area contributed by atoms with Crippen LogP contribution in [0, 0.1) is 0 Å². The first-order chi connectivity index (χ1) is 9.93. The molecule has 1 N–H and O–H groups in total. The molecule has 1 aliphatic rings. The fourth-order valence-electron chi connectivity index (χ4n) is 2.25. The highest BCUT2D eigenvalue weighted by Gasteiger charge is 2.33. The van der Waals surface area contributed by atoms with Crippen LogP contribution in [-0.2, 0) is 9.59 Å². The number of benzene rings is 1. The van der Waals surface area contributed by atoms with E-state index in [4.69, 9.17) is 9.84 Å². The number of nitrogens with zero attached hydrogens (tertiary/aromatic N) is 1. The van der Waals surface area contributed by atoms with Gasteiger partial charge in [-0.3, -0.25) is 19.3 Å². The third-order valence-electron chi connectivity index (χ3n) is 3.26. The Morgan fingerprint density at radius 1 is 1.38 bits per heavy atom. The second-order valence-electron chi connectivity index (χ2n) is 4.93. The molecule has 112 valence electrons.